The van der Waals surface area contributed by atoms with E-state index in [0.29, 0.717) is 31.1 Å². The summed E-state index contributed by atoms with van der Waals surface area (Å²) < 4.78 is 0. The highest BCUT2D eigenvalue weighted by molar-refractivity contribution is 5.93. The van der Waals surface area contributed by atoms with Crippen molar-refractivity contribution in [1.29, 1.82) is 0 Å². The number of nitrogens with zero attached hydrogens (tertiary/aromatic N) is 1. The van der Waals surface area contributed by atoms with Gasteiger partial charge in [-0.1, -0.05) is 63.9 Å². The number of hydrogen-bond donors (Lipinski definition) is 2. The molecule has 2 N–H and O–H groups in total. The van der Waals surface area contributed by atoms with E-state index in [0.717, 1.165) is 59.4 Å². The van der Waals surface area contributed by atoms with Crippen molar-refractivity contribution in [2.45, 2.75) is 66.2 Å². The monoisotopic (exact) mass is 472 g/mol. The van der Waals surface area contributed by atoms with Crippen LogP contribution in [0.3, 0.4) is 0 Å². The van der Waals surface area contributed by atoms with Crippen molar-refractivity contribution in [3.63, 3.8) is 0 Å². The molecule has 35 heavy (non-hydrogen) atoms. The molecule has 0 aliphatic heterocycles. The van der Waals surface area contributed by atoms with E-state index < -0.39 is 0 Å². The minimum Gasteiger partial charge on any atom is -0.507 e. The van der Waals surface area contributed by atoms with Crippen LogP contribution in [0.25, 0.3) is 0 Å². The van der Waals surface area contributed by atoms with Crippen molar-refractivity contribution >= 4 is 23.0 Å². The van der Waals surface area contributed by atoms with Crippen LogP contribution >= 0.6 is 0 Å². The van der Waals surface area contributed by atoms with Crippen LogP contribution < -0.4 is 10.2 Å². The van der Waals surface area contributed by atoms with Gasteiger partial charge in [0.1, 0.15) is 5.75 Å². The second-order valence-electron chi connectivity index (χ2n) is 9.58. The number of carbonyl (C=O) groups excluding carboxylic acids is 1. The highest BCUT2D eigenvalue weighted by Gasteiger charge is 2.18. The van der Waals surface area contributed by atoms with Gasteiger partial charge in [0.25, 0.3) is 0 Å². The van der Waals surface area contributed by atoms with Gasteiger partial charge in [0.15, 0.2) is 0 Å². The van der Waals surface area contributed by atoms with Crippen molar-refractivity contribution in [1.82, 2.24) is 0 Å². The summed E-state index contributed by atoms with van der Waals surface area (Å²) in [6.45, 7) is 9.16. The van der Waals surface area contributed by atoms with E-state index >= 15 is 0 Å². The molecule has 0 fully saturated rings. The van der Waals surface area contributed by atoms with E-state index in [1.807, 2.05) is 72.5 Å². The Hall–Kier alpha value is -3.27. The van der Waals surface area contributed by atoms with Crippen LogP contribution in [-0.4, -0.2) is 17.6 Å². The Kier molecular flexibility index (Phi) is 9.77. The highest BCUT2D eigenvalue weighted by atomic mass is 16.3. The lowest BCUT2D eigenvalue weighted by Gasteiger charge is -2.26. The predicted molar refractivity (Wildman–Crippen MR) is 148 cm³/mol. The van der Waals surface area contributed by atoms with Gasteiger partial charge in [-0.3, -0.25) is 4.79 Å². The number of aryl methyl sites for hydroxylation is 3. The highest BCUT2D eigenvalue weighted by Crippen LogP contribution is 2.27. The zero-order valence-corrected chi connectivity index (χ0v) is 21.7. The molecule has 0 saturated heterocycles. The number of carbonyl (C=O) groups is 1. The van der Waals surface area contributed by atoms with Gasteiger partial charge in [0, 0.05) is 30.0 Å². The molecule has 3 aromatic carbocycles. The SMILES string of the molecule is CCCCc1cc(CCC(=O)N(CC(C)CC)c2ccc(Nc3ccccc3)cc2)cc(C)c1O. The maximum absolute atomic E-state index is 13.4. The number of anilines is 3. The lowest BCUT2D eigenvalue weighted by molar-refractivity contribution is -0.118. The minimum atomic E-state index is 0.134. The number of phenols is 1. The Balaban J connectivity index is 1.72. The molecule has 1 atom stereocenters. The van der Waals surface area contributed by atoms with Crippen molar-refractivity contribution in [2.75, 3.05) is 16.8 Å². The van der Waals surface area contributed by atoms with Crippen LogP contribution in [-0.2, 0) is 17.6 Å². The van der Waals surface area contributed by atoms with E-state index in [2.05, 4.69) is 32.2 Å². The van der Waals surface area contributed by atoms with Crippen LogP contribution in [0.5, 0.6) is 5.75 Å². The smallest absolute Gasteiger partial charge is 0.227 e. The van der Waals surface area contributed by atoms with Crippen LogP contribution in [0.4, 0.5) is 17.1 Å². The molecule has 0 bridgehead atoms. The summed E-state index contributed by atoms with van der Waals surface area (Å²) in [6, 6.07) is 22.3. The maximum atomic E-state index is 13.4. The largest absolute Gasteiger partial charge is 0.507 e. The average molecular weight is 473 g/mol. The van der Waals surface area contributed by atoms with Crippen LogP contribution in [0.1, 0.15) is 63.1 Å². The number of nitrogens with one attached hydrogen (secondary N) is 1. The standard InChI is InChI=1S/C31H40N2O2/c1-5-7-11-26-21-25(20-24(4)31(26)35)14-19-30(34)33(22-23(3)6-2)29-17-15-28(16-18-29)32-27-12-9-8-10-13-27/h8-10,12-13,15-18,20-21,23,32,35H,5-7,11,14,19,22H2,1-4H3. The first-order valence-corrected chi connectivity index (χ1v) is 12.9. The molecule has 1 amide bonds. The van der Waals surface area contributed by atoms with E-state index in [9.17, 15) is 9.90 Å². The number of amides is 1. The van der Waals surface area contributed by atoms with Gasteiger partial charge in [-0.15, -0.1) is 0 Å². The fourth-order valence-corrected chi connectivity index (χ4v) is 4.23. The Morgan fingerprint density at radius 1 is 0.971 bits per heavy atom. The Morgan fingerprint density at radius 2 is 1.66 bits per heavy atom. The molecular weight excluding hydrogens is 432 g/mol. The minimum absolute atomic E-state index is 0.134. The van der Waals surface area contributed by atoms with Crippen molar-refractivity contribution in [2.24, 2.45) is 5.92 Å². The Bertz CT molecular complexity index is 1080. The fraction of sp³-hybridized carbons (Fsp3) is 0.387. The number of unbranched alkanes of at least 4 members (excludes halogenated alkanes) is 1. The normalized spacial score (nSPS) is 11.8. The molecule has 0 saturated carbocycles. The molecule has 0 spiro atoms. The zero-order valence-electron chi connectivity index (χ0n) is 21.7. The number of phenolic OH excluding ortho intramolecular Hbond substituents is 1. The van der Waals surface area contributed by atoms with Gasteiger partial charge in [-0.2, -0.15) is 0 Å². The predicted octanol–water partition coefficient (Wildman–Crippen LogP) is 7.80. The molecule has 3 rings (SSSR count). The summed E-state index contributed by atoms with van der Waals surface area (Å²) in [6.07, 6.45) is 5.14. The Morgan fingerprint density at radius 3 is 2.31 bits per heavy atom. The third-order valence-corrected chi connectivity index (χ3v) is 6.60. The molecule has 0 aliphatic rings. The summed E-state index contributed by atoms with van der Waals surface area (Å²) >= 11 is 0. The Labute approximate surface area is 211 Å². The summed E-state index contributed by atoms with van der Waals surface area (Å²) in [5.41, 5.74) is 5.96. The molecule has 4 nitrogen and oxygen atoms in total. The van der Waals surface area contributed by atoms with E-state index in [1.165, 1.54) is 0 Å². The molecule has 0 aliphatic carbocycles. The first kappa shape index (κ1) is 26.3. The number of rotatable bonds is 12. The second kappa shape index (κ2) is 13.0. The zero-order chi connectivity index (χ0) is 25.2. The lowest BCUT2D eigenvalue weighted by Crippen LogP contribution is -2.34. The molecule has 186 valence electrons. The molecule has 0 radical (unpaired) electrons. The van der Waals surface area contributed by atoms with Crippen molar-refractivity contribution in [3.8, 4) is 5.75 Å². The van der Waals surface area contributed by atoms with Gasteiger partial charge in [-0.25, -0.2) is 0 Å². The van der Waals surface area contributed by atoms with Gasteiger partial charge in [-0.05, 0) is 85.2 Å². The number of para-hydroxylation sites is 1. The van der Waals surface area contributed by atoms with Gasteiger partial charge >= 0.3 is 0 Å². The van der Waals surface area contributed by atoms with Gasteiger partial charge in [0.05, 0.1) is 0 Å². The number of hydrogen-bond acceptors (Lipinski definition) is 3. The molecule has 4 heteroatoms. The number of benzene rings is 3. The molecule has 3 aromatic rings. The van der Waals surface area contributed by atoms with E-state index in [1.54, 1.807) is 0 Å². The van der Waals surface area contributed by atoms with Crippen LogP contribution in [0.2, 0.25) is 0 Å². The lowest BCUT2D eigenvalue weighted by atomic mass is 9.98. The average Bonchev–Trinajstić information content (AvgIpc) is 2.88. The fourth-order valence-electron chi connectivity index (χ4n) is 4.23. The second-order valence-corrected chi connectivity index (χ2v) is 9.58. The van der Waals surface area contributed by atoms with E-state index in [4.69, 9.17) is 0 Å². The van der Waals surface area contributed by atoms with Crippen LogP contribution in [0.15, 0.2) is 66.7 Å². The van der Waals surface area contributed by atoms with Gasteiger partial charge in [0.2, 0.25) is 5.91 Å². The quantitative estimate of drug-likeness (QED) is 0.283. The summed E-state index contributed by atoms with van der Waals surface area (Å²) in [5.74, 6) is 0.948. The molecular formula is C31H40N2O2. The van der Waals surface area contributed by atoms with Crippen LogP contribution in [0, 0.1) is 12.8 Å². The van der Waals surface area contributed by atoms with Crippen molar-refractivity contribution < 1.29 is 9.90 Å². The maximum Gasteiger partial charge on any atom is 0.227 e. The van der Waals surface area contributed by atoms with Crippen molar-refractivity contribution in [3.05, 3.63) is 83.4 Å². The summed E-state index contributed by atoms with van der Waals surface area (Å²) in [7, 11) is 0. The topological polar surface area (TPSA) is 52.6 Å². The summed E-state index contributed by atoms with van der Waals surface area (Å²) in [5, 5.41) is 13.8. The van der Waals surface area contributed by atoms with Gasteiger partial charge < -0.3 is 15.3 Å². The first-order chi connectivity index (χ1) is 16.9. The third kappa shape index (κ3) is 7.61. The molecule has 1 unspecified atom stereocenters. The summed E-state index contributed by atoms with van der Waals surface area (Å²) in [4.78, 5) is 15.4. The molecule has 0 aromatic heterocycles. The van der Waals surface area contributed by atoms with E-state index in [-0.39, 0.29) is 5.91 Å². The molecule has 0 heterocycles. The third-order valence-electron chi connectivity index (χ3n) is 6.60. The number of aromatic hydroxyl groups is 1. The first-order valence-electron chi connectivity index (χ1n) is 12.9.